The molecule has 15 heavy (non-hydrogen) atoms. The first-order valence-corrected chi connectivity index (χ1v) is 4.74. The van der Waals surface area contributed by atoms with Crippen molar-refractivity contribution in [3.05, 3.63) is 17.5 Å². The Labute approximate surface area is 88.7 Å². The molecule has 0 aliphatic carbocycles. The van der Waals surface area contributed by atoms with E-state index in [1.165, 1.54) is 0 Å². The van der Waals surface area contributed by atoms with Crippen LogP contribution >= 0.6 is 0 Å². The summed E-state index contributed by atoms with van der Waals surface area (Å²) < 4.78 is 0. The standard InChI is InChI=1S/C4H7N3.C2H4N4.C2H6/c1-3-5-4(2)7-6-3;1-2-3-5-6-4-2;1-2/h1-2H3,(H,5,6,7);1H3,(H,3,4,5,6);1-2H3. The minimum Gasteiger partial charge on any atom is -0.263 e. The molecule has 0 atom stereocenters. The monoisotopic (exact) mass is 211 g/mol. The van der Waals surface area contributed by atoms with Gasteiger partial charge in [0.1, 0.15) is 11.6 Å². The maximum absolute atomic E-state index is 3.94. The first-order chi connectivity index (χ1) is 7.18. The number of aromatic nitrogens is 7. The highest BCUT2D eigenvalue weighted by atomic mass is 15.5. The summed E-state index contributed by atoms with van der Waals surface area (Å²) in [5.74, 6) is 2.35. The molecule has 0 aliphatic heterocycles. The molecule has 0 saturated heterocycles. The van der Waals surface area contributed by atoms with E-state index < -0.39 is 0 Å². The van der Waals surface area contributed by atoms with Crippen molar-refractivity contribution in [2.45, 2.75) is 34.6 Å². The molecule has 0 bridgehead atoms. The number of H-pyrrole nitrogens is 2. The van der Waals surface area contributed by atoms with E-state index in [2.05, 4.69) is 35.8 Å². The van der Waals surface area contributed by atoms with Crippen LogP contribution in [0, 0.1) is 20.8 Å². The molecule has 0 unspecified atom stereocenters. The maximum atomic E-state index is 3.94. The Hall–Kier alpha value is -1.79. The van der Waals surface area contributed by atoms with Crippen molar-refractivity contribution in [2.24, 2.45) is 0 Å². The molecule has 0 radical (unpaired) electrons. The molecule has 7 heteroatoms. The Bertz CT molecular complexity index is 321. The minimum atomic E-state index is 0.676. The van der Waals surface area contributed by atoms with Gasteiger partial charge in [0.15, 0.2) is 5.82 Å². The van der Waals surface area contributed by atoms with Crippen LogP contribution in [0.3, 0.4) is 0 Å². The third-order valence-electron chi connectivity index (χ3n) is 1.16. The van der Waals surface area contributed by atoms with Crippen LogP contribution in [-0.2, 0) is 0 Å². The fourth-order valence-electron chi connectivity index (χ4n) is 0.666. The average Bonchev–Trinajstić information content (AvgIpc) is 2.82. The van der Waals surface area contributed by atoms with Gasteiger partial charge in [-0.25, -0.2) is 4.98 Å². The summed E-state index contributed by atoms with van der Waals surface area (Å²) in [4.78, 5) is 3.94. The van der Waals surface area contributed by atoms with Gasteiger partial charge in [-0.1, -0.05) is 19.1 Å². The lowest BCUT2D eigenvalue weighted by atomic mass is 10.7. The van der Waals surface area contributed by atoms with E-state index in [1.54, 1.807) is 6.92 Å². The van der Waals surface area contributed by atoms with Crippen molar-refractivity contribution in [2.75, 3.05) is 0 Å². The molecule has 0 fully saturated rings. The number of nitrogens with zero attached hydrogens (tertiary/aromatic N) is 5. The predicted molar refractivity (Wildman–Crippen MR) is 56.1 cm³/mol. The summed E-state index contributed by atoms with van der Waals surface area (Å²) >= 11 is 0. The average molecular weight is 211 g/mol. The largest absolute Gasteiger partial charge is 0.263 e. The number of tetrazole rings is 1. The van der Waals surface area contributed by atoms with Crippen LogP contribution in [0.15, 0.2) is 0 Å². The molecule has 2 N–H and O–H groups in total. The van der Waals surface area contributed by atoms with Crippen LogP contribution in [0.5, 0.6) is 0 Å². The second-order valence-corrected chi connectivity index (χ2v) is 2.43. The van der Waals surface area contributed by atoms with Crippen molar-refractivity contribution in [1.82, 2.24) is 35.8 Å². The summed E-state index contributed by atoms with van der Waals surface area (Å²) in [5, 5.41) is 19.2. The van der Waals surface area contributed by atoms with Gasteiger partial charge in [0.25, 0.3) is 0 Å². The van der Waals surface area contributed by atoms with E-state index >= 15 is 0 Å². The number of aryl methyl sites for hydroxylation is 3. The summed E-state index contributed by atoms with van der Waals surface area (Å²) in [6, 6.07) is 0. The summed E-state index contributed by atoms with van der Waals surface area (Å²) in [5.41, 5.74) is 0. The van der Waals surface area contributed by atoms with E-state index in [9.17, 15) is 0 Å². The topological polar surface area (TPSA) is 96.0 Å². The Morgan fingerprint density at radius 2 is 1.60 bits per heavy atom. The van der Waals surface area contributed by atoms with Crippen LogP contribution in [0.4, 0.5) is 0 Å². The fraction of sp³-hybridized carbons (Fsp3) is 0.625. The van der Waals surface area contributed by atoms with Gasteiger partial charge in [0.05, 0.1) is 0 Å². The third kappa shape index (κ3) is 6.30. The molecule has 2 heterocycles. The quantitative estimate of drug-likeness (QED) is 0.676. The highest BCUT2D eigenvalue weighted by Crippen LogP contribution is 1.83. The molecule has 0 aliphatic rings. The van der Waals surface area contributed by atoms with E-state index in [0.717, 1.165) is 11.6 Å². The van der Waals surface area contributed by atoms with Crippen LogP contribution in [0.2, 0.25) is 0 Å². The lowest BCUT2D eigenvalue weighted by molar-refractivity contribution is 0.881. The molecule has 7 nitrogen and oxygen atoms in total. The summed E-state index contributed by atoms with van der Waals surface area (Å²) in [6.07, 6.45) is 0. The zero-order valence-electron chi connectivity index (χ0n) is 9.74. The second kappa shape index (κ2) is 7.60. The molecule has 2 rings (SSSR count). The first-order valence-electron chi connectivity index (χ1n) is 4.74. The minimum absolute atomic E-state index is 0.676. The zero-order chi connectivity index (χ0) is 11.7. The smallest absolute Gasteiger partial charge is 0.171 e. The Balaban J connectivity index is 0.000000227. The van der Waals surface area contributed by atoms with Gasteiger partial charge in [0.2, 0.25) is 0 Å². The van der Waals surface area contributed by atoms with Gasteiger partial charge >= 0.3 is 0 Å². The van der Waals surface area contributed by atoms with Crippen molar-refractivity contribution >= 4 is 0 Å². The van der Waals surface area contributed by atoms with Gasteiger partial charge in [-0.2, -0.15) is 10.3 Å². The molecule has 0 saturated carbocycles. The van der Waals surface area contributed by atoms with Gasteiger partial charge in [0, 0.05) is 0 Å². The molecule has 0 amide bonds. The number of nitrogens with one attached hydrogen (secondary N) is 2. The van der Waals surface area contributed by atoms with Crippen molar-refractivity contribution in [1.29, 1.82) is 0 Å². The van der Waals surface area contributed by atoms with E-state index in [-0.39, 0.29) is 0 Å². The molecule has 84 valence electrons. The molecular weight excluding hydrogens is 194 g/mol. The summed E-state index contributed by atoms with van der Waals surface area (Å²) in [7, 11) is 0. The van der Waals surface area contributed by atoms with Gasteiger partial charge in [-0.05, 0) is 20.8 Å². The van der Waals surface area contributed by atoms with Crippen LogP contribution in [0.25, 0.3) is 0 Å². The zero-order valence-corrected chi connectivity index (χ0v) is 9.74. The molecule has 0 aromatic carbocycles. The predicted octanol–water partition coefficient (Wildman–Crippen LogP) is 0.956. The highest BCUT2D eigenvalue weighted by Gasteiger charge is 1.86. The lowest BCUT2D eigenvalue weighted by Crippen LogP contribution is -1.70. The van der Waals surface area contributed by atoms with Gasteiger partial charge in [-0.15, -0.1) is 10.2 Å². The molecule has 2 aromatic heterocycles. The number of hydrogen-bond acceptors (Lipinski definition) is 5. The second-order valence-electron chi connectivity index (χ2n) is 2.43. The summed E-state index contributed by atoms with van der Waals surface area (Å²) in [6.45, 7) is 9.49. The Morgan fingerprint density at radius 1 is 0.933 bits per heavy atom. The molecule has 0 spiro atoms. The first kappa shape index (κ1) is 13.2. The van der Waals surface area contributed by atoms with E-state index in [1.807, 2.05) is 27.7 Å². The SMILES string of the molecule is CC.Cc1n[nH]c(C)n1.Cc1nn[nH]n1. The number of aromatic amines is 2. The normalized spacial score (nSPS) is 8.33. The van der Waals surface area contributed by atoms with Gasteiger partial charge < -0.3 is 0 Å². The van der Waals surface area contributed by atoms with Crippen molar-refractivity contribution in [3.63, 3.8) is 0 Å². The molecule has 2 aromatic rings. The van der Waals surface area contributed by atoms with Gasteiger partial charge in [-0.3, -0.25) is 5.10 Å². The lowest BCUT2D eigenvalue weighted by Gasteiger charge is -1.68. The number of rotatable bonds is 0. The maximum Gasteiger partial charge on any atom is 0.171 e. The number of hydrogen-bond donors (Lipinski definition) is 2. The molecular formula is C8H17N7. The van der Waals surface area contributed by atoms with Crippen LogP contribution in [-0.4, -0.2) is 35.8 Å². The highest BCUT2D eigenvalue weighted by molar-refractivity contribution is 4.82. The van der Waals surface area contributed by atoms with Crippen molar-refractivity contribution < 1.29 is 0 Å². The van der Waals surface area contributed by atoms with E-state index in [4.69, 9.17) is 0 Å². The van der Waals surface area contributed by atoms with Crippen LogP contribution in [0.1, 0.15) is 31.3 Å². The van der Waals surface area contributed by atoms with E-state index in [0.29, 0.717) is 5.82 Å². The van der Waals surface area contributed by atoms with Crippen LogP contribution < -0.4 is 0 Å². The third-order valence-corrected chi connectivity index (χ3v) is 1.16. The Morgan fingerprint density at radius 3 is 1.73 bits per heavy atom. The Kier molecular flexibility index (Phi) is 6.69. The fourth-order valence-corrected chi connectivity index (χ4v) is 0.666. The van der Waals surface area contributed by atoms with Crippen molar-refractivity contribution in [3.8, 4) is 0 Å².